The van der Waals surface area contributed by atoms with Crippen LogP contribution in [0.2, 0.25) is 0 Å². The number of rotatable bonds is 7. The number of carbonyl (C=O) groups excluding carboxylic acids is 3. The molecule has 1 aromatic carbocycles. The van der Waals surface area contributed by atoms with Crippen LogP contribution in [-0.2, 0) is 9.53 Å². The van der Waals surface area contributed by atoms with E-state index in [1.54, 1.807) is 0 Å². The fourth-order valence-corrected chi connectivity index (χ4v) is 2.25. The molecule has 1 aromatic rings. The Kier molecular flexibility index (Phi) is 7.33. The number of carbonyl (C=O) groups is 3. The highest BCUT2D eigenvalue weighted by atomic mass is 32.2. The topological polar surface area (TPSA) is 111 Å². The minimum absolute atomic E-state index is 0.206. The van der Waals surface area contributed by atoms with E-state index in [9.17, 15) is 18.8 Å². The van der Waals surface area contributed by atoms with Gasteiger partial charge >= 0.3 is 12.0 Å². The first kappa shape index (κ1) is 18.8. The lowest BCUT2D eigenvalue weighted by Crippen LogP contribution is -2.46. The number of hydrogen-bond donors (Lipinski definition) is 3. The highest BCUT2D eigenvalue weighted by molar-refractivity contribution is 7.98. The standard InChI is InChI=1S/C14H18FN3O4S/c1-22-13(20)9-7-8(3-4-10(9)15)17-12(19)11(5-6-23-2)18-14(16)21/h3-4,7,11H,5-6H2,1-2H3,(H,17,19)(H3,16,18,21)/t11-/m0/s1. The lowest BCUT2D eigenvalue weighted by atomic mass is 10.1. The largest absolute Gasteiger partial charge is 0.465 e. The van der Waals surface area contributed by atoms with Gasteiger partial charge in [-0.25, -0.2) is 14.0 Å². The first-order valence-electron chi connectivity index (χ1n) is 6.62. The molecule has 0 bridgehead atoms. The fraction of sp³-hybridized carbons (Fsp3) is 0.357. The van der Waals surface area contributed by atoms with E-state index in [0.717, 1.165) is 19.2 Å². The molecule has 0 aliphatic rings. The van der Waals surface area contributed by atoms with Gasteiger partial charge in [-0.05, 0) is 36.6 Å². The molecule has 23 heavy (non-hydrogen) atoms. The number of thioether (sulfide) groups is 1. The summed E-state index contributed by atoms with van der Waals surface area (Å²) < 4.78 is 18.0. The highest BCUT2D eigenvalue weighted by Crippen LogP contribution is 2.16. The molecule has 0 saturated carbocycles. The summed E-state index contributed by atoms with van der Waals surface area (Å²) in [7, 11) is 1.13. The number of urea groups is 1. The van der Waals surface area contributed by atoms with E-state index >= 15 is 0 Å². The number of benzene rings is 1. The summed E-state index contributed by atoms with van der Waals surface area (Å²) in [5.74, 6) is -1.49. The van der Waals surface area contributed by atoms with E-state index < -0.39 is 29.8 Å². The van der Waals surface area contributed by atoms with Gasteiger partial charge in [0.2, 0.25) is 5.91 Å². The van der Waals surface area contributed by atoms with Crippen LogP contribution in [0.5, 0.6) is 0 Å². The highest BCUT2D eigenvalue weighted by Gasteiger charge is 2.20. The molecule has 0 aliphatic heterocycles. The Bertz CT molecular complexity index is 597. The summed E-state index contributed by atoms with van der Waals surface area (Å²) in [4.78, 5) is 34.6. The van der Waals surface area contributed by atoms with Crippen molar-refractivity contribution in [3.63, 3.8) is 0 Å². The molecule has 0 unspecified atom stereocenters. The molecule has 0 saturated heterocycles. The molecule has 1 atom stereocenters. The van der Waals surface area contributed by atoms with Gasteiger partial charge < -0.3 is 21.1 Å². The van der Waals surface area contributed by atoms with Crippen molar-refractivity contribution < 1.29 is 23.5 Å². The lowest BCUT2D eigenvalue weighted by molar-refractivity contribution is -0.117. The summed E-state index contributed by atoms with van der Waals surface area (Å²) in [6.45, 7) is 0. The summed E-state index contributed by atoms with van der Waals surface area (Å²) in [6, 6.07) is 1.86. The van der Waals surface area contributed by atoms with E-state index in [1.165, 1.54) is 17.8 Å². The Morgan fingerprint density at radius 1 is 1.39 bits per heavy atom. The van der Waals surface area contributed by atoms with Crippen LogP contribution in [0.3, 0.4) is 0 Å². The lowest BCUT2D eigenvalue weighted by Gasteiger charge is -2.17. The van der Waals surface area contributed by atoms with Crippen LogP contribution in [0.25, 0.3) is 0 Å². The Labute approximate surface area is 137 Å². The third-order valence-electron chi connectivity index (χ3n) is 2.88. The number of halogens is 1. The molecule has 4 N–H and O–H groups in total. The first-order valence-corrected chi connectivity index (χ1v) is 8.02. The van der Waals surface area contributed by atoms with Crippen LogP contribution in [0.1, 0.15) is 16.8 Å². The Morgan fingerprint density at radius 3 is 2.65 bits per heavy atom. The maximum atomic E-state index is 13.6. The van der Waals surface area contributed by atoms with Crippen LogP contribution >= 0.6 is 11.8 Å². The van der Waals surface area contributed by atoms with Gasteiger partial charge in [-0.15, -0.1) is 0 Å². The molecular weight excluding hydrogens is 325 g/mol. The average molecular weight is 343 g/mol. The number of esters is 1. The molecule has 0 radical (unpaired) electrons. The van der Waals surface area contributed by atoms with Gasteiger partial charge in [0.05, 0.1) is 12.7 Å². The summed E-state index contributed by atoms with van der Waals surface area (Å²) in [6.07, 6.45) is 2.24. The number of amides is 3. The fourth-order valence-electron chi connectivity index (χ4n) is 1.78. The number of methoxy groups -OCH3 is 1. The summed E-state index contributed by atoms with van der Waals surface area (Å²) in [5.41, 5.74) is 4.96. The number of ether oxygens (including phenoxy) is 1. The predicted octanol–water partition coefficient (Wildman–Crippen LogP) is 1.34. The number of nitrogens with two attached hydrogens (primary N) is 1. The Balaban J connectivity index is 2.89. The summed E-state index contributed by atoms with van der Waals surface area (Å²) in [5, 5.41) is 4.85. The monoisotopic (exact) mass is 343 g/mol. The van der Waals surface area contributed by atoms with Gasteiger partial charge in [0, 0.05) is 5.69 Å². The molecule has 0 spiro atoms. The zero-order valence-electron chi connectivity index (χ0n) is 12.7. The van der Waals surface area contributed by atoms with Crippen molar-refractivity contribution in [3.8, 4) is 0 Å². The van der Waals surface area contributed by atoms with Crippen molar-refractivity contribution in [1.29, 1.82) is 0 Å². The molecule has 0 aliphatic carbocycles. The molecule has 0 aromatic heterocycles. The maximum Gasteiger partial charge on any atom is 0.340 e. The van der Waals surface area contributed by atoms with Crippen LogP contribution in [-0.4, -0.2) is 43.1 Å². The maximum absolute atomic E-state index is 13.6. The van der Waals surface area contributed by atoms with Crippen molar-refractivity contribution in [2.75, 3.05) is 24.4 Å². The van der Waals surface area contributed by atoms with Crippen LogP contribution in [0.15, 0.2) is 18.2 Å². The van der Waals surface area contributed by atoms with E-state index in [0.29, 0.717) is 12.2 Å². The van der Waals surface area contributed by atoms with Crippen LogP contribution in [0, 0.1) is 5.82 Å². The smallest absolute Gasteiger partial charge is 0.340 e. The molecule has 1 rings (SSSR count). The number of primary amides is 1. The van der Waals surface area contributed by atoms with Gasteiger partial charge in [0.25, 0.3) is 0 Å². The van der Waals surface area contributed by atoms with Crippen LogP contribution in [0.4, 0.5) is 14.9 Å². The minimum Gasteiger partial charge on any atom is -0.465 e. The van der Waals surface area contributed by atoms with Gasteiger partial charge in [-0.2, -0.15) is 11.8 Å². The van der Waals surface area contributed by atoms with E-state index in [2.05, 4.69) is 15.4 Å². The zero-order valence-corrected chi connectivity index (χ0v) is 13.5. The van der Waals surface area contributed by atoms with Crippen molar-refractivity contribution in [3.05, 3.63) is 29.6 Å². The van der Waals surface area contributed by atoms with Gasteiger partial charge in [-0.1, -0.05) is 0 Å². The van der Waals surface area contributed by atoms with Crippen molar-refractivity contribution >= 4 is 35.4 Å². The zero-order chi connectivity index (χ0) is 17.4. The summed E-state index contributed by atoms with van der Waals surface area (Å²) >= 11 is 1.51. The van der Waals surface area contributed by atoms with Gasteiger partial charge in [0.15, 0.2) is 0 Å². The molecule has 126 valence electrons. The molecule has 7 nitrogen and oxygen atoms in total. The first-order chi connectivity index (χ1) is 10.9. The second kappa shape index (κ2) is 8.99. The Morgan fingerprint density at radius 2 is 2.09 bits per heavy atom. The SMILES string of the molecule is COC(=O)c1cc(NC(=O)[C@H](CCSC)NC(N)=O)ccc1F. The molecule has 0 heterocycles. The van der Waals surface area contributed by atoms with E-state index in [-0.39, 0.29) is 11.3 Å². The Hall–Kier alpha value is -2.29. The van der Waals surface area contributed by atoms with Gasteiger partial charge in [0.1, 0.15) is 11.9 Å². The van der Waals surface area contributed by atoms with E-state index in [4.69, 9.17) is 5.73 Å². The number of hydrogen-bond acceptors (Lipinski definition) is 5. The molecule has 3 amide bonds. The molecule has 0 fully saturated rings. The van der Waals surface area contributed by atoms with Crippen molar-refractivity contribution in [1.82, 2.24) is 5.32 Å². The number of nitrogens with one attached hydrogen (secondary N) is 2. The third-order valence-corrected chi connectivity index (χ3v) is 3.53. The number of anilines is 1. The molecule has 9 heteroatoms. The third kappa shape index (κ3) is 5.78. The van der Waals surface area contributed by atoms with Gasteiger partial charge in [-0.3, -0.25) is 4.79 Å². The minimum atomic E-state index is -0.854. The molecular formula is C14H18FN3O4S. The van der Waals surface area contributed by atoms with Crippen molar-refractivity contribution in [2.45, 2.75) is 12.5 Å². The van der Waals surface area contributed by atoms with Crippen molar-refractivity contribution in [2.24, 2.45) is 5.73 Å². The average Bonchev–Trinajstić information content (AvgIpc) is 2.52. The predicted molar refractivity (Wildman–Crippen MR) is 85.9 cm³/mol. The second-order valence-corrected chi connectivity index (χ2v) is 5.50. The quantitative estimate of drug-likeness (QED) is 0.647. The normalized spacial score (nSPS) is 11.4. The van der Waals surface area contributed by atoms with E-state index in [1.807, 2.05) is 6.26 Å². The second-order valence-electron chi connectivity index (χ2n) is 4.52. The van der Waals surface area contributed by atoms with Crippen LogP contribution < -0.4 is 16.4 Å².